The van der Waals surface area contributed by atoms with Crippen molar-refractivity contribution in [3.63, 3.8) is 0 Å². The second-order valence-electron chi connectivity index (χ2n) is 7.49. The first-order valence-corrected chi connectivity index (χ1v) is 11.6. The highest BCUT2D eigenvalue weighted by atomic mass is 32.2. The molecule has 2 aromatic rings. The van der Waals surface area contributed by atoms with Crippen molar-refractivity contribution in [1.29, 1.82) is 0 Å². The van der Waals surface area contributed by atoms with Crippen molar-refractivity contribution in [1.82, 2.24) is 10.2 Å². The highest BCUT2D eigenvalue weighted by Gasteiger charge is 2.17. The lowest BCUT2D eigenvalue weighted by molar-refractivity contribution is 0.0949. The summed E-state index contributed by atoms with van der Waals surface area (Å²) in [5.74, 6) is -0.197. The van der Waals surface area contributed by atoms with Crippen molar-refractivity contribution in [2.45, 2.75) is 43.5 Å². The van der Waals surface area contributed by atoms with Gasteiger partial charge in [0.15, 0.2) is 0 Å². The number of hydrogen-bond donors (Lipinski definition) is 2. The minimum absolute atomic E-state index is 0.182. The number of benzene rings is 2. The van der Waals surface area contributed by atoms with Gasteiger partial charge in [-0.2, -0.15) is 0 Å². The maximum atomic E-state index is 12.5. The minimum Gasteiger partial charge on any atom is -0.352 e. The predicted molar refractivity (Wildman–Crippen MR) is 116 cm³/mol. The standard InChI is InChI=1S/C22H29N3O3S/c1-18-9-5-6-15-25(18)16-8-14-23-22(26)19-10-7-11-20(17-19)24-29(27,28)21-12-3-2-4-13-21/h2-4,7,10-13,17-18,24H,5-6,8-9,14-16H2,1H3,(H,23,26)/t18-/m1/s1. The largest absolute Gasteiger partial charge is 0.352 e. The lowest BCUT2D eigenvalue weighted by Crippen LogP contribution is -2.39. The van der Waals surface area contributed by atoms with Crippen LogP contribution in [0.5, 0.6) is 0 Å². The van der Waals surface area contributed by atoms with E-state index in [2.05, 4.69) is 21.9 Å². The summed E-state index contributed by atoms with van der Waals surface area (Å²) in [5.41, 5.74) is 0.799. The molecule has 0 spiro atoms. The number of anilines is 1. The number of carbonyl (C=O) groups is 1. The molecule has 6 nitrogen and oxygen atoms in total. The van der Waals surface area contributed by atoms with Crippen LogP contribution in [0.4, 0.5) is 5.69 Å². The first kappa shape index (κ1) is 21.3. The first-order chi connectivity index (χ1) is 14.0. The number of likely N-dealkylation sites (tertiary alicyclic amines) is 1. The molecule has 1 amide bonds. The molecule has 2 aromatic carbocycles. The fourth-order valence-corrected chi connectivity index (χ4v) is 4.68. The van der Waals surface area contributed by atoms with Crippen molar-refractivity contribution < 1.29 is 13.2 Å². The van der Waals surface area contributed by atoms with Crippen LogP contribution in [0.3, 0.4) is 0 Å². The molecule has 1 atom stereocenters. The zero-order valence-corrected chi connectivity index (χ0v) is 17.6. The Bertz CT molecular complexity index is 916. The van der Waals surface area contributed by atoms with Crippen LogP contribution in [0.1, 0.15) is 43.0 Å². The molecule has 1 fully saturated rings. The molecule has 1 saturated heterocycles. The Morgan fingerprint density at radius 2 is 1.90 bits per heavy atom. The molecule has 156 valence electrons. The highest BCUT2D eigenvalue weighted by Crippen LogP contribution is 2.18. The van der Waals surface area contributed by atoms with Crippen molar-refractivity contribution in [2.75, 3.05) is 24.4 Å². The summed E-state index contributed by atoms with van der Waals surface area (Å²) in [4.78, 5) is 15.1. The van der Waals surface area contributed by atoms with Crippen molar-refractivity contribution in [3.05, 3.63) is 60.2 Å². The summed E-state index contributed by atoms with van der Waals surface area (Å²) in [6.07, 6.45) is 4.70. The van der Waals surface area contributed by atoms with Crippen molar-refractivity contribution >= 4 is 21.6 Å². The molecule has 0 aromatic heterocycles. The van der Waals surface area contributed by atoms with E-state index in [1.807, 2.05) is 0 Å². The van der Waals surface area contributed by atoms with Crippen molar-refractivity contribution in [3.8, 4) is 0 Å². The van der Waals surface area contributed by atoms with Gasteiger partial charge in [-0.05, 0) is 63.1 Å². The van der Waals surface area contributed by atoms with Gasteiger partial charge in [-0.1, -0.05) is 30.7 Å². The lowest BCUT2D eigenvalue weighted by Gasteiger charge is -2.33. The number of carbonyl (C=O) groups excluding carboxylic acids is 1. The van der Waals surface area contributed by atoms with Gasteiger partial charge >= 0.3 is 0 Å². The van der Waals surface area contributed by atoms with Crippen LogP contribution in [0.25, 0.3) is 0 Å². The summed E-state index contributed by atoms with van der Waals surface area (Å²) >= 11 is 0. The summed E-state index contributed by atoms with van der Waals surface area (Å²) in [6.45, 7) is 4.98. The van der Waals surface area contributed by atoms with Gasteiger partial charge in [-0.25, -0.2) is 8.42 Å². The van der Waals surface area contributed by atoms with Gasteiger partial charge in [0.2, 0.25) is 0 Å². The van der Waals surface area contributed by atoms with E-state index in [-0.39, 0.29) is 10.8 Å². The van der Waals surface area contributed by atoms with Crippen molar-refractivity contribution in [2.24, 2.45) is 0 Å². The smallest absolute Gasteiger partial charge is 0.261 e. The SMILES string of the molecule is C[C@@H]1CCCCN1CCCNC(=O)c1cccc(NS(=O)(=O)c2ccccc2)c1. The number of amides is 1. The normalized spacial score (nSPS) is 17.6. The Balaban J connectivity index is 1.53. The summed E-state index contributed by atoms with van der Waals surface area (Å²) < 4.78 is 27.4. The average molecular weight is 416 g/mol. The molecule has 0 unspecified atom stereocenters. The molecule has 0 bridgehead atoms. The molecule has 0 saturated carbocycles. The van der Waals surface area contributed by atoms with E-state index in [1.165, 1.54) is 31.4 Å². The minimum atomic E-state index is -3.68. The van der Waals surface area contributed by atoms with Gasteiger partial charge in [0.25, 0.3) is 15.9 Å². The van der Waals surface area contributed by atoms with Gasteiger partial charge in [0.05, 0.1) is 4.90 Å². The van der Waals surface area contributed by atoms with Gasteiger partial charge in [-0.3, -0.25) is 9.52 Å². The van der Waals surface area contributed by atoms with Crippen LogP contribution in [-0.4, -0.2) is 44.9 Å². The van der Waals surface area contributed by atoms with Crippen LogP contribution in [0.15, 0.2) is 59.5 Å². The Labute approximate surface area is 173 Å². The van der Waals surface area contributed by atoms with E-state index in [0.29, 0.717) is 23.8 Å². The maximum Gasteiger partial charge on any atom is 0.261 e. The fourth-order valence-electron chi connectivity index (χ4n) is 3.61. The Morgan fingerprint density at radius 1 is 1.10 bits per heavy atom. The van der Waals surface area contributed by atoms with Gasteiger partial charge in [0.1, 0.15) is 0 Å². The molecule has 0 radical (unpaired) electrons. The topological polar surface area (TPSA) is 78.5 Å². The number of hydrogen-bond acceptors (Lipinski definition) is 4. The summed E-state index contributed by atoms with van der Waals surface area (Å²) in [7, 11) is -3.68. The predicted octanol–water partition coefficient (Wildman–Crippen LogP) is 3.48. The Hall–Kier alpha value is -2.38. The third-order valence-electron chi connectivity index (χ3n) is 5.28. The number of nitrogens with zero attached hydrogens (tertiary/aromatic N) is 1. The summed E-state index contributed by atoms with van der Waals surface area (Å²) in [6, 6.07) is 15.3. The molecule has 3 rings (SSSR count). The lowest BCUT2D eigenvalue weighted by atomic mass is 10.0. The molecule has 2 N–H and O–H groups in total. The van der Waals surface area contributed by atoms with E-state index in [0.717, 1.165) is 19.5 Å². The zero-order valence-electron chi connectivity index (χ0n) is 16.8. The number of rotatable bonds is 8. The van der Waals surface area contributed by atoms with Gasteiger partial charge in [-0.15, -0.1) is 0 Å². The molecule has 29 heavy (non-hydrogen) atoms. The van der Waals surface area contributed by atoms with E-state index in [1.54, 1.807) is 42.5 Å². The maximum absolute atomic E-state index is 12.5. The monoisotopic (exact) mass is 415 g/mol. The summed E-state index contributed by atoms with van der Waals surface area (Å²) in [5, 5.41) is 2.93. The number of nitrogens with one attached hydrogen (secondary N) is 2. The molecule has 1 heterocycles. The molecular formula is C22H29N3O3S. The Kier molecular flexibility index (Phi) is 7.28. The van der Waals surface area contributed by atoms with E-state index in [9.17, 15) is 13.2 Å². The molecular weight excluding hydrogens is 386 g/mol. The van der Waals surface area contributed by atoms with Crippen LogP contribution in [0.2, 0.25) is 0 Å². The third-order valence-corrected chi connectivity index (χ3v) is 6.68. The van der Waals surface area contributed by atoms with E-state index in [4.69, 9.17) is 0 Å². The second-order valence-corrected chi connectivity index (χ2v) is 9.17. The van der Waals surface area contributed by atoms with Crippen LogP contribution in [0, 0.1) is 0 Å². The molecule has 1 aliphatic rings. The number of piperidine rings is 1. The molecule has 7 heteroatoms. The van der Waals surface area contributed by atoms with Gasteiger partial charge in [0, 0.05) is 30.4 Å². The zero-order chi connectivity index (χ0) is 20.7. The first-order valence-electron chi connectivity index (χ1n) is 10.2. The molecule has 1 aliphatic heterocycles. The Morgan fingerprint density at radius 3 is 2.66 bits per heavy atom. The van der Waals surface area contributed by atoms with Crippen LogP contribution in [-0.2, 0) is 10.0 Å². The second kappa shape index (κ2) is 9.89. The quantitative estimate of drug-likeness (QED) is 0.647. The van der Waals surface area contributed by atoms with E-state index >= 15 is 0 Å². The average Bonchev–Trinajstić information content (AvgIpc) is 2.73. The fraction of sp³-hybridized carbons (Fsp3) is 0.409. The third kappa shape index (κ3) is 6.05. The number of sulfonamides is 1. The molecule has 0 aliphatic carbocycles. The van der Waals surface area contributed by atoms with E-state index < -0.39 is 10.0 Å². The van der Waals surface area contributed by atoms with Crippen LogP contribution >= 0.6 is 0 Å². The van der Waals surface area contributed by atoms with Crippen LogP contribution < -0.4 is 10.0 Å². The van der Waals surface area contributed by atoms with Gasteiger partial charge < -0.3 is 10.2 Å². The highest BCUT2D eigenvalue weighted by molar-refractivity contribution is 7.92.